The Morgan fingerprint density at radius 1 is 0.950 bits per heavy atom. The number of aromatic amines is 1. The zero-order valence-electron chi connectivity index (χ0n) is 10.8. The van der Waals surface area contributed by atoms with Gasteiger partial charge in [0.1, 0.15) is 0 Å². The molecule has 0 amide bonds. The smallest absolute Gasteiger partial charge is 0.211 e. The van der Waals surface area contributed by atoms with Gasteiger partial charge >= 0.3 is 0 Å². The molecular formula is C17H13N2S+. The van der Waals surface area contributed by atoms with Gasteiger partial charge < -0.3 is 5.32 Å². The molecule has 2 heterocycles. The highest BCUT2D eigenvalue weighted by Gasteiger charge is 2.15. The summed E-state index contributed by atoms with van der Waals surface area (Å²) >= 11 is 1.78. The highest BCUT2D eigenvalue weighted by Crippen LogP contribution is 2.41. The third kappa shape index (κ3) is 1.96. The first-order valence-electron chi connectivity index (χ1n) is 6.55. The lowest BCUT2D eigenvalue weighted by molar-refractivity contribution is -0.344. The minimum atomic E-state index is 1.15. The molecule has 0 radical (unpaired) electrons. The zero-order chi connectivity index (χ0) is 13.4. The number of anilines is 1. The van der Waals surface area contributed by atoms with E-state index in [4.69, 9.17) is 0 Å². The van der Waals surface area contributed by atoms with Gasteiger partial charge in [-0.05, 0) is 29.8 Å². The van der Waals surface area contributed by atoms with E-state index >= 15 is 0 Å². The molecule has 20 heavy (non-hydrogen) atoms. The van der Waals surface area contributed by atoms with Crippen LogP contribution < -0.4 is 10.3 Å². The van der Waals surface area contributed by atoms with Crippen LogP contribution in [0.4, 0.5) is 5.69 Å². The maximum Gasteiger partial charge on any atom is 0.211 e. The molecule has 2 nitrogen and oxygen atoms in total. The van der Waals surface area contributed by atoms with Gasteiger partial charge in [0.15, 0.2) is 6.20 Å². The molecule has 2 aromatic carbocycles. The highest BCUT2D eigenvalue weighted by atomic mass is 32.2. The molecule has 0 fully saturated rings. The molecule has 0 atom stereocenters. The second-order valence-corrected chi connectivity index (χ2v) is 5.79. The molecule has 1 aliphatic rings. The number of thioether (sulfide) groups is 1. The molecule has 1 aliphatic heterocycles. The summed E-state index contributed by atoms with van der Waals surface area (Å²) < 4.78 is 0. The Kier molecular flexibility index (Phi) is 2.71. The second kappa shape index (κ2) is 4.69. The van der Waals surface area contributed by atoms with Crippen LogP contribution in [0.2, 0.25) is 0 Å². The van der Waals surface area contributed by atoms with Gasteiger partial charge in [-0.1, -0.05) is 36.0 Å². The summed E-state index contributed by atoms with van der Waals surface area (Å²) in [6.07, 6.45) is 4.20. The van der Waals surface area contributed by atoms with Gasteiger partial charge in [0.05, 0.1) is 16.1 Å². The lowest BCUT2D eigenvalue weighted by Gasteiger charge is -2.00. The van der Waals surface area contributed by atoms with E-state index in [2.05, 4.69) is 64.9 Å². The summed E-state index contributed by atoms with van der Waals surface area (Å²) in [7, 11) is 0. The third-order valence-electron chi connectivity index (χ3n) is 3.39. The number of hydrogen-bond donors (Lipinski definition) is 1. The zero-order valence-corrected chi connectivity index (χ0v) is 11.6. The van der Waals surface area contributed by atoms with Gasteiger partial charge in [-0.25, -0.2) is 4.98 Å². The molecule has 1 aromatic heterocycles. The van der Waals surface area contributed by atoms with Crippen molar-refractivity contribution in [1.29, 1.82) is 0 Å². The van der Waals surface area contributed by atoms with Gasteiger partial charge in [0, 0.05) is 17.0 Å². The fraction of sp³-hybridized carbons (Fsp3) is 0. The third-order valence-corrected chi connectivity index (χ3v) is 4.41. The number of fused-ring (bicyclic) bond motifs is 2. The van der Waals surface area contributed by atoms with Gasteiger partial charge in [-0.15, -0.1) is 0 Å². The van der Waals surface area contributed by atoms with Gasteiger partial charge in [-0.3, -0.25) is 0 Å². The molecule has 4 rings (SSSR count). The van der Waals surface area contributed by atoms with Crippen LogP contribution in [0.1, 0.15) is 5.56 Å². The monoisotopic (exact) mass is 277 g/mol. The van der Waals surface area contributed by atoms with Crippen molar-refractivity contribution in [3.05, 3.63) is 71.4 Å². The number of para-hydroxylation sites is 2. The maximum absolute atomic E-state index is 3.46. The quantitative estimate of drug-likeness (QED) is 0.722. The van der Waals surface area contributed by atoms with Crippen LogP contribution in [0.25, 0.3) is 17.0 Å². The van der Waals surface area contributed by atoms with Crippen LogP contribution in [0.15, 0.2) is 70.7 Å². The highest BCUT2D eigenvalue weighted by molar-refractivity contribution is 8.03. The van der Waals surface area contributed by atoms with E-state index in [1.165, 1.54) is 26.6 Å². The Morgan fingerprint density at radius 2 is 1.80 bits per heavy atom. The van der Waals surface area contributed by atoms with Crippen LogP contribution in [0, 0.1) is 0 Å². The first-order chi connectivity index (χ1) is 9.90. The molecule has 3 aromatic rings. The molecule has 0 aliphatic carbocycles. The molecule has 0 bridgehead atoms. The van der Waals surface area contributed by atoms with Crippen molar-refractivity contribution in [2.24, 2.45) is 0 Å². The first-order valence-corrected chi connectivity index (χ1v) is 7.37. The lowest BCUT2D eigenvalue weighted by Crippen LogP contribution is -2.02. The maximum atomic E-state index is 3.46. The molecule has 2 N–H and O–H groups in total. The SMILES string of the molecule is C(=C1/Nc2ccccc2S1)/c1cc[nH+]c2ccccc12. The number of aromatic nitrogens is 1. The molecule has 0 unspecified atom stereocenters. The van der Waals surface area contributed by atoms with E-state index in [-0.39, 0.29) is 0 Å². The number of nitrogens with one attached hydrogen (secondary N) is 2. The minimum absolute atomic E-state index is 1.15. The van der Waals surface area contributed by atoms with Crippen LogP contribution in [-0.4, -0.2) is 0 Å². The molecule has 96 valence electrons. The number of hydrogen-bond acceptors (Lipinski definition) is 2. The second-order valence-electron chi connectivity index (χ2n) is 4.71. The van der Waals surface area contributed by atoms with Crippen molar-refractivity contribution in [1.82, 2.24) is 0 Å². The summed E-state index contributed by atoms with van der Waals surface area (Å²) in [5, 5.41) is 5.87. The van der Waals surface area contributed by atoms with E-state index in [0.717, 1.165) is 5.52 Å². The van der Waals surface area contributed by atoms with E-state index in [1.807, 2.05) is 12.3 Å². The average Bonchev–Trinajstić information content (AvgIpc) is 2.90. The standard InChI is InChI=1S/C17H12N2S/c1-2-6-14-13(5-1)12(9-10-18-14)11-17-19-15-7-3-4-8-16(15)20-17/h1-11,19H/p+1/b17-11+. The number of H-pyrrole nitrogens is 1. The lowest BCUT2D eigenvalue weighted by atomic mass is 10.1. The average molecular weight is 277 g/mol. The summed E-state index contributed by atoms with van der Waals surface area (Å²) in [6.45, 7) is 0. The van der Waals surface area contributed by atoms with E-state index in [9.17, 15) is 0 Å². The van der Waals surface area contributed by atoms with Crippen molar-refractivity contribution in [2.45, 2.75) is 4.90 Å². The van der Waals surface area contributed by atoms with E-state index in [1.54, 1.807) is 11.8 Å². The van der Waals surface area contributed by atoms with Crippen molar-refractivity contribution >= 4 is 34.4 Å². The Morgan fingerprint density at radius 3 is 2.75 bits per heavy atom. The molecule has 0 spiro atoms. The van der Waals surface area contributed by atoms with Gasteiger partial charge in [0.25, 0.3) is 0 Å². The molecule has 3 heteroatoms. The topological polar surface area (TPSA) is 26.2 Å². The summed E-state index contributed by atoms with van der Waals surface area (Å²) in [5.41, 5.74) is 3.57. The summed E-state index contributed by atoms with van der Waals surface area (Å²) in [4.78, 5) is 4.56. The Labute approximate surface area is 121 Å². The Bertz CT molecular complexity index is 792. The van der Waals surface area contributed by atoms with E-state index in [0.29, 0.717) is 0 Å². The van der Waals surface area contributed by atoms with E-state index < -0.39 is 0 Å². The van der Waals surface area contributed by atoms with Crippen LogP contribution in [-0.2, 0) is 0 Å². The number of pyridine rings is 1. The summed E-state index contributed by atoms with van der Waals surface area (Å²) in [5.74, 6) is 0. The predicted molar refractivity (Wildman–Crippen MR) is 84.4 cm³/mol. The fourth-order valence-electron chi connectivity index (χ4n) is 2.44. The Balaban J connectivity index is 1.78. The largest absolute Gasteiger partial charge is 0.349 e. The van der Waals surface area contributed by atoms with Crippen LogP contribution >= 0.6 is 11.8 Å². The summed E-state index contributed by atoms with van der Waals surface area (Å²) in [6, 6.07) is 18.9. The van der Waals surface area contributed by atoms with Crippen molar-refractivity contribution in [3.63, 3.8) is 0 Å². The van der Waals surface area contributed by atoms with Gasteiger partial charge in [-0.2, -0.15) is 0 Å². The van der Waals surface area contributed by atoms with Crippen molar-refractivity contribution in [2.75, 3.05) is 5.32 Å². The first kappa shape index (κ1) is 11.6. The number of rotatable bonds is 1. The minimum Gasteiger partial charge on any atom is -0.349 e. The van der Waals surface area contributed by atoms with Crippen molar-refractivity contribution in [3.8, 4) is 0 Å². The van der Waals surface area contributed by atoms with Crippen LogP contribution in [0.3, 0.4) is 0 Å². The molecular weight excluding hydrogens is 264 g/mol. The normalized spacial score (nSPS) is 15.3. The fourth-order valence-corrected chi connectivity index (χ4v) is 3.40. The molecule has 0 saturated carbocycles. The number of benzene rings is 2. The molecule has 0 saturated heterocycles. The van der Waals surface area contributed by atoms with Crippen LogP contribution in [0.5, 0.6) is 0 Å². The Hall–Kier alpha value is -2.26. The predicted octanol–water partition coefficient (Wildman–Crippen LogP) is 4.17. The van der Waals surface area contributed by atoms with Gasteiger partial charge in [0.2, 0.25) is 5.52 Å². The van der Waals surface area contributed by atoms with Crippen molar-refractivity contribution < 1.29 is 4.98 Å².